The molecule has 4 nitrogen and oxygen atoms in total. The summed E-state index contributed by atoms with van der Waals surface area (Å²) in [6, 6.07) is 8.97. The Kier molecular flexibility index (Phi) is 4.46. The molecule has 2 rings (SSSR count). The molecular weight excluding hydrogens is 286 g/mol. The molecule has 0 unspecified atom stereocenters. The number of nitrogens with zero attached hydrogens (tertiary/aromatic N) is 2. The normalized spacial score (nSPS) is 11.0. The molecule has 2 aromatic rings. The zero-order valence-electron chi connectivity index (χ0n) is 11.7. The van der Waals surface area contributed by atoms with Gasteiger partial charge in [-0.05, 0) is 42.3 Å². The lowest BCUT2D eigenvalue weighted by atomic mass is 10.1. The maximum absolute atomic E-state index is 12.2. The van der Waals surface area contributed by atoms with Crippen molar-refractivity contribution in [3.8, 4) is 6.07 Å². The molecule has 0 fully saturated rings. The Balaban J connectivity index is 2.23. The summed E-state index contributed by atoms with van der Waals surface area (Å²) in [5.74, 6) is -0.452. The molecule has 106 valence electrons. The fourth-order valence-electron chi connectivity index (χ4n) is 1.84. The molecule has 0 atom stereocenters. The lowest BCUT2D eigenvalue weighted by Crippen LogP contribution is -2.14. The number of nitriles is 1. The molecule has 0 saturated carbocycles. The minimum absolute atomic E-state index is 0.0422. The van der Waals surface area contributed by atoms with E-state index in [0.717, 1.165) is 11.1 Å². The molecular formula is C16H14ClN3O. The highest BCUT2D eigenvalue weighted by atomic mass is 35.5. The highest BCUT2D eigenvalue weighted by Crippen LogP contribution is 2.21. The van der Waals surface area contributed by atoms with Gasteiger partial charge in [-0.2, -0.15) is 5.26 Å². The molecule has 0 bridgehead atoms. The van der Waals surface area contributed by atoms with Crippen LogP contribution in [0.15, 0.2) is 42.2 Å². The van der Waals surface area contributed by atoms with Crippen molar-refractivity contribution in [2.75, 3.05) is 5.32 Å². The zero-order valence-corrected chi connectivity index (χ0v) is 12.5. The van der Waals surface area contributed by atoms with Crippen molar-refractivity contribution in [1.29, 1.82) is 5.26 Å². The van der Waals surface area contributed by atoms with Gasteiger partial charge in [0.1, 0.15) is 11.6 Å². The number of hydrogen-bond donors (Lipinski definition) is 1. The number of carbonyl (C=O) groups excluding carboxylic acids is 1. The fraction of sp³-hybridized carbons (Fsp3) is 0.125. The highest BCUT2D eigenvalue weighted by Gasteiger charge is 2.11. The summed E-state index contributed by atoms with van der Waals surface area (Å²) in [6.45, 7) is 1.86. The second kappa shape index (κ2) is 6.29. The summed E-state index contributed by atoms with van der Waals surface area (Å²) in [6.07, 6.45) is 5.23. The second-order valence-corrected chi connectivity index (χ2v) is 5.13. The largest absolute Gasteiger partial charge is 0.357 e. The van der Waals surface area contributed by atoms with Crippen molar-refractivity contribution < 1.29 is 4.79 Å². The van der Waals surface area contributed by atoms with Gasteiger partial charge in [0, 0.05) is 30.2 Å². The van der Waals surface area contributed by atoms with E-state index in [9.17, 15) is 4.79 Å². The van der Waals surface area contributed by atoms with E-state index in [1.165, 1.54) is 0 Å². The minimum Gasteiger partial charge on any atom is -0.357 e. The number of nitrogens with one attached hydrogen (secondary N) is 1. The van der Waals surface area contributed by atoms with Crippen LogP contribution >= 0.6 is 11.6 Å². The van der Waals surface area contributed by atoms with Crippen LogP contribution in [0.3, 0.4) is 0 Å². The smallest absolute Gasteiger partial charge is 0.266 e. The predicted molar refractivity (Wildman–Crippen MR) is 83.8 cm³/mol. The van der Waals surface area contributed by atoms with Crippen molar-refractivity contribution in [1.82, 2.24) is 4.57 Å². The number of anilines is 1. The quantitative estimate of drug-likeness (QED) is 0.696. The Bertz CT molecular complexity index is 753. The summed E-state index contributed by atoms with van der Waals surface area (Å²) in [5.41, 5.74) is 2.32. The van der Waals surface area contributed by atoms with E-state index in [-0.39, 0.29) is 5.57 Å². The Hall–Kier alpha value is -2.51. The lowest BCUT2D eigenvalue weighted by molar-refractivity contribution is -0.112. The van der Waals surface area contributed by atoms with E-state index in [4.69, 9.17) is 16.9 Å². The number of carbonyl (C=O) groups is 1. The topological polar surface area (TPSA) is 57.8 Å². The minimum atomic E-state index is -0.452. The molecule has 0 saturated heterocycles. The molecule has 0 spiro atoms. The standard InChI is InChI=1S/C16H14ClN3O/c1-11-3-4-14(17)8-15(11)19-16(21)13(9-18)7-12-5-6-20(2)10-12/h3-8,10H,1-2H3,(H,19,21)/b13-7+. The molecule has 5 heteroatoms. The number of hydrogen-bond acceptors (Lipinski definition) is 2. The third-order valence-corrected chi connectivity index (χ3v) is 3.21. The van der Waals surface area contributed by atoms with E-state index in [2.05, 4.69) is 5.32 Å². The van der Waals surface area contributed by atoms with Gasteiger partial charge in [-0.3, -0.25) is 4.79 Å². The summed E-state index contributed by atoms with van der Waals surface area (Å²) in [5, 5.41) is 12.4. The monoisotopic (exact) mass is 299 g/mol. The van der Waals surface area contributed by atoms with Gasteiger partial charge in [-0.15, -0.1) is 0 Å². The van der Waals surface area contributed by atoms with Crippen LogP contribution in [0, 0.1) is 18.3 Å². The van der Waals surface area contributed by atoms with Crippen LogP contribution < -0.4 is 5.32 Å². The average Bonchev–Trinajstić information content (AvgIpc) is 2.85. The van der Waals surface area contributed by atoms with Crippen molar-refractivity contribution in [3.63, 3.8) is 0 Å². The van der Waals surface area contributed by atoms with Crippen LogP contribution in [0.2, 0.25) is 5.02 Å². The number of aryl methyl sites for hydroxylation is 2. The summed E-state index contributed by atoms with van der Waals surface area (Å²) >= 11 is 5.91. The first kappa shape index (κ1) is 14.9. The molecule has 1 N–H and O–H groups in total. The molecule has 21 heavy (non-hydrogen) atoms. The van der Waals surface area contributed by atoms with Gasteiger partial charge in [0.2, 0.25) is 0 Å². The number of rotatable bonds is 3. The van der Waals surface area contributed by atoms with E-state index < -0.39 is 5.91 Å². The summed E-state index contributed by atoms with van der Waals surface area (Å²) in [7, 11) is 1.87. The van der Waals surface area contributed by atoms with Gasteiger partial charge in [-0.25, -0.2) is 0 Å². The molecule has 0 radical (unpaired) electrons. The molecule has 1 aromatic carbocycles. The SMILES string of the molecule is Cc1ccc(Cl)cc1NC(=O)/C(C#N)=C/c1ccn(C)c1. The zero-order chi connectivity index (χ0) is 15.4. The van der Waals surface area contributed by atoms with E-state index in [0.29, 0.717) is 10.7 Å². The summed E-state index contributed by atoms with van der Waals surface area (Å²) in [4.78, 5) is 12.2. The van der Waals surface area contributed by atoms with Crippen LogP contribution in [0.25, 0.3) is 6.08 Å². The van der Waals surface area contributed by atoms with Gasteiger partial charge < -0.3 is 9.88 Å². The number of halogens is 1. The third-order valence-electron chi connectivity index (χ3n) is 2.98. The maximum atomic E-state index is 12.2. The Morgan fingerprint density at radius 1 is 1.43 bits per heavy atom. The van der Waals surface area contributed by atoms with Gasteiger partial charge in [0.15, 0.2) is 0 Å². The Labute approximate surface area is 128 Å². The Morgan fingerprint density at radius 2 is 2.19 bits per heavy atom. The first-order valence-electron chi connectivity index (χ1n) is 6.31. The van der Waals surface area contributed by atoms with E-state index in [1.54, 1.807) is 18.2 Å². The van der Waals surface area contributed by atoms with Crippen LogP contribution in [0.5, 0.6) is 0 Å². The number of amides is 1. The van der Waals surface area contributed by atoms with Crippen molar-refractivity contribution in [2.45, 2.75) is 6.92 Å². The van der Waals surface area contributed by atoms with Crippen LogP contribution in [-0.4, -0.2) is 10.5 Å². The predicted octanol–water partition coefficient (Wildman–Crippen LogP) is 3.53. The van der Waals surface area contributed by atoms with Crippen molar-refractivity contribution >= 4 is 29.3 Å². The van der Waals surface area contributed by atoms with Gasteiger partial charge >= 0.3 is 0 Å². The first-order chi connectivity index (χ1) is 9.99. The van der Waals surface area contributed by atoms with Crippen LogP contribution in [-0.2, 0) is 11.8 Å². The third kappa shape index (κ3) is 3.74. The fourth-order valence-corrected chi connectivity index (χ4v) is 2.02. The number of benzene rings is 1. The molecule has 1 aromatic heterocycles. The molecule has 1 amide bonds. The van der Waals surface area contributed by atoms with Crippen LogP contribution in [0.1, 0.15) is 11.1 Å². The maximum Gasteiger partial charge on any atom is 0.266 e. The second-order valence-electron chi connectivity index (χ2n) is 4.69. The Morgan fingerprint density at radius 3 is 2.81 bits per heavy atom. The van der Waals surface area contributed by atoms with Gasteiger partial charge in [-0.1, -0.05) is 17.7 Å². The van der Waals surface area contributed by atoms with Crippen molar-refractivity contribution in [3.05, 3.63) is 58.4 Å². The highest BCUT2D eigenvalue weighted by molar-refractivity contribution is 6.31. The van der Waals surface area contributed by atoms with Gasteiger partial charge in [0.05, 0.1) is 0 Å². The van der Waals surface area contributed by atoms with Crippen molar-refractivity contribution in [2.24, 2.45) is 7.05 Å². The van der Waals surface area contributed by atoms with Crippen LogP contribution in [0.4, 0.5) is 5.69 Å². The van der Waals surface area contributed by atoms with E-state index in [1.807, 2.05) is 49.1 Å². The van der Waals surface area contributed by atoms with E-state index >= 15 is 0 Å². The van der Waals surface area contributed by atoms with Gasteiger partial charge in [0.25, 0.3) is 5.91 Å². The first-order valence-corrected chi connectivity index (χ1v) is 6.68. The average molecular weight is 300 g/mol. The molecule has 1 heterocycles. The molecule has 0 aliphatic heterocycles. The lowest BCUT2D eigenvalue weighted by Gasteiger charge is -2.08. The molecule has 0 aliphatic carbocycles. The summed E-state index contributed by atoms with van der Waals surface area (Å²) < 4.78 is 1.85. The molecule has 0 aliphatic rings. The number of aromatic nitrogens is 1.